The largest absolute Gasteiger partial charge is 0.319 e. The molecule has 0 aliphatic carbocycles. The third-order valence-electron chi connectivity index (χ3n) is 3.97. The summed E-state index contributed by atoms with van der Waals surface area (Å²) in [5.41, 5.74) is 3.13. The lowest BCUT2D eigenvalue weighted by Gasteiger charge is -2.06. The Morgan fingerprint density at radius 3 is 2.44 bits per heavy atom. The van der Waals surface area contributed by atoms with Gasteiger partial charge in [-0.25, -0.2) is 9.67 Å². The molecule has 8 heteroatoms. The number of ketones is 1. The van der Waals surface area contributed by atoms with Crippen LogP contribution in [0.3, 0.4) is 0 Å². The molecule has 0 spiro atoms. The summed E-state index contributed by atoms with van der Waals surface area (Å²) in [6, 6.07) is 7.23. The number of carbonyl (C=O) groups is 2. The normalized spacial score (nSPS) is 10.7. The zero-order valence-corrected chi connectivity index (χ0v) is 14.2. The first kappa shape index (κ1) is 16.6. The fourth-order valence-corrected chi connectivity index (χ4v) is 2.60. The van der Waals surface area contributed by atoms with Crippen LogP contribution in [0, 0.1) is 13.8 Å². The third kappa shape index (κ3) is 3.47. The quantitative estimate of drug-likeness (QED) is 0.562. The van der Waals surface area contributed by atoms with Crippen molar-refractivity contribution >= 4 is 17.4 Å². The maximum Gasteiger partial charge on any atom is 0.296 e. The van der Waals surface area contributed by atoms with Crippen molar-refractivity contribution in [3.63, 3.8) is 0 Å². The van der Waals surface area contributed by atoms with Gasteiger partial charge < -0.3 is 5.32 Å². The fourth-order valence-electron chi connectivity index (χ4n) is 2.60. The molecular weight excluding hydrogens is 320 g/mol. The summed E-state index contributed by atoms with van der Waals surface area (Å²) < 4.78 is 3.29. The van der Waals surface area contributed by atoms with Crippen molar-refractivity contribution in [3.05, 3.63) is 59.4 Å². The van der Waals surface area contributed by atoms with Crippen molar-refractivity contribution in [3.8, 4) is 0 Å². The van der Waals surface area contributed by atoms with Gasteiger partial charge in [-0.2, -0.15) is 10.2 Å². The van der Waals surface area contributed by atoms with Gasteiger partial charge in [0.1, 0.15) is 12.7 Å². The highest BCUT2D eigenvalue weighted by molar-refractivity contribution is 6.47. The second kappa shape index (κ2) is 6.68. The smallest absolute Gasteiger partial charge is 0.296 e. The number of rotatable bonds is 5. The average molecular weight is 338 g/mol. The number of benzene rings is 1. The summed E-state index contributed by atoms with van der Waals surface area (Å²) in [6.07, 6.45) is 3.11. The van der Waals surface area contributed by atoms with Crippen LogP contribution in [0.4, 0.5) is 5.69 Å². The van der Waals surface area contributed by atoms with Crippen LogP contribution >= 0.6 is 0 Å². The van der Waals surface area contributed by atoms with Gasteiger partial charge in [0.15, 0.2) is 0 Å². The van der Waals surface area contributed by atoms with E-state index in [1.54, 1.807) is 48.7 Å². The Hall–Kier alpha value is -3.29. The van der Waals surface area contributed by atoms with Crippen molar-refractivity contribution in [1.82, 2.24) is 24.5 Å². The van der Waals surface area contributed by atoms with E-state index in [9.17, 15) is 9.59 Å². The van der Waals surface area contributed by atoms with Gasteiger partial charge in [0.2, 0.25) is 0 Å². The van der Waals surface area contributed by atoms with Crippen LogP contribution in [0.2, 0.25) is 0 Å². The summed E-state index contributed by atoms with van der Waals surface area (Å²) >= 11 is 0. The van der Waals surface area contributed by atoms with Gasteiger partial charge in [0, 0.05) is 18.4 Å². The Labute approximate surface area is 144 Å². The molecule has 0 saturated carbocycles. The number of nitrogens with zero attached hydrogens (tertiary/aromatic N) is 5. The van der Waals surface area contributed by atoms with Crippen molar-refractivity contribution in [2.24, 2.45) is 7.05 Å². The first-order valence-corrected chi connectivity index (χ1v) is 7.73. The molecule has 1 N–H and O–H groups in total. The Morgan fingerprint density at radius 2 is 1.88 bits per heavy atom. The molecule has 1 amide bonds. The summed E-state index contributed by atoms with van der Waals surface area (Å²) in [6.45, 7) is 4.06. The highest BCUT2D eigenvalue weighted by Gasteiger charge is 2.23. The highest BCUT2D eigenvalue weighted by Crippen LogP contribution is 2.15. The second-order valence-electron chi connectivity index (χ2n) is 5.74. The van der Waals surface area contributed by atoms with E-state index in [-0.39, 0.29) is 0 Å². The van der Waals surface area contributed by atoms with Gasteiger partial charge in [-0.3, -0.25) is 14.3 Å². The molecule has 25 heavy (non-hydrogen) atoms. The Bertz CT molecular complexity index is 910. The minimum absolute atomic E-state index is 0.350. The first-order chi connectivity index (χ1) is 12.0. The summed E-state index contributed by atoms with van der Waals surface area (Å²) in [5, 5.41) is 10.8. The predicted octanol–water partition coefficient (Wildman–Crippen LogP) is 1.50. The minimum atomic E-state index is -0.678. The molecule has 1 aromatic carbocycles. The highest BCUT2D eigenvalue weighted by atomic mass is 16.2. The molecule has 0 aliphatic rings. The van der Waals surface area contributed by atoms with Crippen molar-refractivity contribution < 1.29 is 9.59 Å². The number of aromatic nitrogens is 5. The fraction of sp³-hybridized carbons (Fsp3) is 0.235. The zero-order chi connectivity index (χ0) is 18.0. The molecule has 0 radical (unpaired) electrons. The van der Waals surface area contributed by atoms with Crippen LogP contribution in [0.15, 0.2) is 36.9 Å². The number of hydrogen-bond donors (Lipinski definition) is 1. The predicted molar refractivity (Wildman–Crippen MR) is 91.2 cm³/mol. The SMILES string of the molecule is Cc1nn(C)c(C)c1C(=O)C(=O)Nc1ccc(Cn2cncn2)cc1. The molecular formula is C17H18N6O2. The minimum Gasteiger partial charge on any atom is -0.319 e. The van der Waals surface area contributed by atoms with E-state index in [0.717, 1.165) is 5.56 Å². The lowest BCUT2D eigenvalue weighted by molar-refractivity contribution is -0.112. The van der Waals surface area contributed by atoms with E-state index < -0.39 is 11.7 Å². The van der Waals surface area contributed by atoms with Crippen LogP contribution in [-0.4, -0.2) is 36.2 Å². The van der Waals surface area contributed by atoms with Gasteiger partial charge in [-0.1, -0.05) is 12.1 Å². The van der Waals surface area contributed by atoms with Crippen LogP contribution in [-0.2, 0) is 18.4 Å². The molecule has 0 fully saturated rings. The van der Waals surface area contributed by atoms with E-state index in [0.29, 0.717) is 29.2 Å². The standard InChI is InChI=1S/C17H18N6O2/c1-11-15(12(2)22(3)21-11)16(24)17(25)20-14-6-4-13(5-7-14)8-23-10-18-9-19-23/h4-7,9-10H,8H2,1-3H3,(H,20,25). The number of aryl methyl sites for hydroxylation is 2. The number of Topliss-reactive ketones (excluding diaryl/α,β-unsaturated/α-hetero) is 1. The molecule has 128 valence electrons. The zero-order valence-electron chi connectivity index (χ0n) is 14.2. The van der Waals surface area contributed by atoms with Crippen LogP contribution < -0.4 is 5.32 Å². The number of nitrogens with one attached hydrogen (secondary N) is 1. The molecule has 0 unspecified atom stereocenters. The number of carbonyl (C=O) groups excluding carboxylic acids is 2. The van der Waals surface area contributed by atoms with Crippen LogP contribution in [0.25, 0.3) is 0 Å². The van der Waals surface area contributed by atoms with Gasteiger partial charge >= 0.3 is 0 Å². The van der Waals surface area contributed by atoms with E-state index in [1.165, 1.54) is 6.33 Å². The lowest BCUT2D eigenvalue weighted by Crippen LogP contribution is -2.24. The molecule has 2 aromatic heterocycles. The molecule has 0 saturated heterocycles. The van der Waals surface area contributed by atoms with Gasteiger partial charge in [-0.05, 0) is 31.5 Å². The molecule has 3 rings (SSSR count). The second-order valence-corrected chi connectivity index (χ2v) is 5.74. The van der Waals surface area contributed by atoms with Crippen LogP contribution in [0.5, 0.6) is 0 Å². The van der Waals surface area contributed by atoms with Crippen molar-refractivity contribution in [2.75, 3.05) is 5.32 Å². The van der Waals surface area contributed by atoms with E-state index >= 15 is 0 Å². The van der Waals surface area contributed by atoms with E-state index in [1.807, 2.05) is 12.1 Å². The molecule has 3 aromatic rings. The maximum atomic E-state index is 12.4. The van der Waals surface area contributed by atoms with Gasteiger partial charge in [0.25, 0.3) is 11.7 Å². The Balaban J connectivity index is 1.69. The number of hydrogen-bond acceptors (Lipinski definition) is 5. The Morgan fingerprint density at radius 1 is 1.16 bits per heavy atom. The van der Waals surface area contributed by atoms with Crippen molar-refractivity contribution in [1.29, 1.82) is 0 Å². The monoisotopic (exact) mass is 338 g/mol. The molecule has 2 heterocycles. The topological polar surface area (TPSA) is 94.7 Å². The van der Waals surface area contributed by atoms with Gasteiger partial charge in [-0.15, -0.1) is 0 Å². The summed E-state index contributed by atoms with van der Waals surface area (Å²) in [5.74, 6) is -1.27. The third-order valence-corrected chi connectivity index (χ3v) is 3.97. The van der Waals surface area contributed by atoms with E-state index in [2.05, 4.69) is 20.5 Å². The molecule has 0 atom stereocenters. The summed E-state index contributed by atoms with van der Waals surface area (Å²) in [4.78, 5) is 28.5. The van der Waals surface area contributed by atoms with Gasteiger partial charge in [0.05, 0.1) is 17.8 Å². The number of amides is 1. The van der Waals surface area contributed by atoms with E-state index in [4.69, 9.17) is 0 Å². The first-order valence-electron chi connectivity index (χ1n) is 7.73. The lowest BCUT2D eigenvalue weighted by atomic mass is 10.1. The summed E-state index contributed by atoms with van der Waals surface area (Å²) in [7, 11) is 1.74. The molecule has 0 aliphatic heterocycles. The molecule has 8 nitrogen and oxygen atoms in total. The van der Waals surface area contributed by atoms with Crippen LogP contribution in [0.1, 0.15) is 27.3 Å². The molecule has 0 bridgehead atoms. The Kier molecular flexibility index (Phi) is 4.42. The number of anilines is 1. The van der Waals surface area contributed by atoms with Crippen molar-refractivity contribution in [2.45, 2.75) is 20.4 Å². The average Bonchev–Trinajstić information content (AvgIpc) is 3.17. The maximum absolute atomic E-state index is 12.4.